The SMILES string of the molecule is COc1ccc(-c2ncc3c(n2)C=Cc2cc(Cl)ccc2N(C(C)=O)C3)cn1. The maximum atomic E-state index is 12.3. The minimum absolute atomic E-state index is 0.0618. The number of amides is 1. The van der Waals surface area contributed by atoms with Gasteiger partial charge >= 0.3 is 0 Å². The summed E-state index contributed by atoms with van der Waals surface area (Å²) in [5, 5.41) is 0.611. The average molecular weight is 393 g/mol. The van der Waals surface area contributed by atoms with E-state index >= 15 is 0 Å². The maximum absolute atomic E-state index is 12.3. The first-order valence-corrected chi connectivity index (χ1v) is 9.05. The van der Waals surface area contributed by atoms with Gasteiger partial charge in [-0.3, -0.25) is 4.79 Å². The van der Waals surface area contributed by atoms with Crippen LogP contribution in [0.25, 0.3) is 23.5 Å². The number of hydrogen-bond acceptors (Lipinski definition) is 5. The molecule has 3 heterocycles. The van der Waals surface area contributed by atoms with Gasteiger partial charge in [-0.2, -0.15) is 0 Å². The Labute approximate surface area is 167 Å². The van der Waals surface area contributed by atoms with Crippen LogP contribution in [0.2, 0.25) is 5.02 Å². The van der Waals surface area contributed by atoms with E-state index in [1.807, 2.05) is 30.4 Å². The number of methoxy groups -OCH3 is 1. The number of benzene rings is 1. The van der Waals surface area contributed by atoms with Crippen LogP contribution < -0.4 is 9.64 Å². The molecule has 3 aromatic rings. The van der Waals surface area contributed by atoms with E-state index < -0.39 is 0 Å². The van der Waals surface area contributed by atoms with Crippen molar-refractivity contribution in [3.05, 3.63) is 64.6 Å². The Bertz CT molecular complexity index is 1080. The molecule has 7 heteroatoms. The van der Waals surface area contributed by atoms with Crippen molar-refractivity contribution < 1.29 is 9.53 Å². The van der Waals surface area contributed by atoms with Crippen molar-refractivity contribution in [1.82, 2.24) is 15.0 Å². The van der Waals surface area contributed by atoms with Gasteiger partial charge in [0, 0.05) is 41.5 Å². The van der Waals surface area contributed by atoms with E-state index in [1.165, 1.54) is 0 Å². The molecule has 2 aromatic heterocycles. The highest BCUT2D eigenvalue weighted by atomic mass is 35.5. The molecular formula is C21H17ClN4O2. The zero-order chi connectivity index (χ0) is 19.7. The molecule has 1 amide bonds. The molecule has 4 rings (SSSR count). The molecule has 0 atom stereocenters. The standard InChI is InChI=1S/C21H17ClN4O2/c1-13(27)26-12-16-11-24-21(15-4-8-20(28-2)23-10-15)25-18(16)6-3-14-9-17(22)5-7-19(14)26/h3-11H,12H2,1-2H3. The first-order valence-electron chi connectivity index (χ1n) is 8.67. The summed E-state index contributed by atoms with van der Waals surface area (Å²) in [5.74, 6) is 1.02. The zero-order valence-electron chi connectivity index (χ0n) is 15.4. The van der Waals surface area contributed by atoms with E-state index in [0.717, 1.165) is 28.1 Å². The minimum Gasteiger partial charge on any atom is -0.481 e. The summed E-state index contributed by atoms with van der Waals surface area (Å²) in [7, 11) is 1.57. The highest BCUT2D eigenvalue weighted by Gasteiger charge is 2.20. The van der Waals surface area contributed by atoms with Crippen molar-refractivity contribution in [2.24, 2.45) is 0 Å². The van der Waals surface area contributed by atoms with Gasteiger partial charge in [0.15, 0.2) is 5.82 Å². The van der Waals surface area contributed by atoms with Gasteiger partial charge in [0.1, 0.15) is 0 Å². The lowest BCUT2D eigenvalue weighted by molar-refractivity contribution is -0.116. The summed E-state index contributed by atoms with van der Waals surface area (Å²) in [6, 6.07) is 9.09. The number of ether oxygens (including phenoxy) is 1. The van der Waals surface area contributed by atoms with Crippen LogP contribution in [0.4, 0.5) is 5.69 Å². The Hall–Kier alpha value is -3.25. The van der Waals surface area contributed by atoms with Gasteiger partial charge in [-0.1, -0.05) is 17.7 Å². The van der Waals surface area contributed by atoms with Gasteiger partial charge in [-0.15, -0.1) is 0 Å². The van der Waals surface area contributed by atoms with Crippen LogP contribution >= 0.6 is 11.6 Å². The molecule has 0 spiro atoms. The molecular weight excluding hydrogens is 376 g/mol. The minimum atomic E-state index is -0.0618. The largest absolute Gasteiger partial charge is 0.481 e. The lowest BCUT2D eigenvalue weighted by Crippen LogP contribution is -2.29. The molecule has 6 nitrogen and oxygen atoms in total. The monoisotopic (exact) mass is 392 g/mol. The Morgan fingerprint density at radius 3 is 2.71 bits per heavy atom. The molecule has 1 aromatic carbocycles. The Morgan fingerprint density at radius 2 is 2.00 bits per heavy atom. The predicted molar refractivity (Wildman–Crippen MR) is 109 cm³/mol. The van der Waals surface area contributed by atoms with Crippen molar-refractivity contribution in [1.29, 1.82) is 0 Å². The fourth-order valence-electron chi connectivity index (χ4n) is 3.07. The third-order valence-electron chi connectivity index (χ3n) is 4.51. The van der Waals surface area contributed by atoms with E-state index in [4.69, 9.17) is 16.3 Å². The number of hydrogen-bond donors (Lipinski definition) is 0. The normalized spacial score (nSPS) is 12.6. The molecule has 0 N–H and O–H groups in total. The number of rotatable bonds is 2. The maximum Gasteiger partial charge on any atom is 0.224 e. The molecule has 0 aliphatic carbocycles. The fourth-order valence-corrected chi connectivity index (χ4v) is 3.25. The van der Waals surface area contributed by atoms with Crippen LogP contribution in [0.15, 0.2) is 42.7 Å². The van der Waals surface area contributed by atoms with E-state index in [1.54, 1.807) is 43.5 Å². The number of nitrogens with zero attached hydrogens (tertiary/aromatic N) is 4. The number of carbonyl (C=O) groups excluding carboxylic acids is 1. The number of halogens is 1. The van der Waals surface area contributed by atoms with Crippen molar-refractivity contribution in [3.63, 3.8) is 0 Å². The molecule has 28 heavy (non-hydrogen) atoms. The number of anilines is 1. The molecule has 0 bridgehead atoms. The van der Waals surface area contributed by atoms with Gasteiger partial charge in [-0.25, -0.2) is 15.0 Å². The lowest BCUT2D eigenvalue weighted by atomic mass is 10.1. The third-order valence-corrected chi connectivity index (χ3v) is 4.75. The molecule has 140 valence electrons. The summed E-state index contributed by atoms with van der Waals surface area (Å²) in [6.07, 6.45) is 7.26. The quantitative estimate of drug-likeness (QED) is 0.652. The van der Waals surface area contributed by atoms with Crippen molar-refractivity contribution in [2.75, 3.05) is 12.0 Å². The summed E-state index contributed by atoms with van der Waals surface area (Å²) in [4.78, 5) is 27.3. The average Bonchev–Trinajstić information content (AvgIpc) is 2.69. The van der Waals surface area contributed by atoms with Crippen LogP contribution in [0, 0.1) is 0 Å². The zero-order valence-corrected chi connectivity index (χ0v) is 16.1. The van der Waals surface area contributed by atoms with Gasteiger partial charge in [0.05, 0.1) is 25.0 Å². The van der Waals surface area contributed by atoms with E-state index in [2.05, 4.69) is 15.0 Å². The summed E-state index contributed by atoms with van der Waals surface area (Å²) in [5.41, 5.74) is 4.06. The summed E-state index contributed by atoms with van der Waals surface area (Å²) >= 11 is 6.15. The molecule has 0 saturated carbocycles. The fraction of sp³-hybridized carbons (Fsp3) is 0.143. The third kappa shape index (κ3) is 3.46. The molecule has 1 aliphatic rings. The second-order valence-electron chi connectivity index (χ2n) is 6.33. The molecule has 0 fully saturated rings. The van der Waals surface area contributed by atoms with Crippen LogP contribution in [0.3, 0.4) is 0 Å². The predicted octanol–water partition coefficient (Wildman–Crippen LogP) is 4.24. The molecule has 1 aliphatic heterocycles. The van der Waals surface area contributed by atoms with E-state index in [9.17, 15) is 4.79 Å². The number of fused-ring (bicyclic) bond motifs is 2. The van der Waals surface area contributed by atoms with Crippen LogP contribution in [-0.4, -0.2) is 28.0 Å². The number of aromatic nitrogens is 3. The van der Waals surface area contributed by atoms with Gasteiger partial charge < -0.3 is 9.64 Å². The van der Waals surface area contributed by atoms with Crippen LogP contribution in [0.5, 0.6) is 5.88 Å². The Kier molecular flexibility index (Phi) is 4.79. The smallest absolute Gasteiger partial charge is 0.224 e. The number of pyridine rings is 1. The van der Waals surface area contributed by atoms with Gasteiger partial charge in [-0.05, 0) is 35.9 Å². The van der Waals surface area contributed by atoms with Crippen molar-refractivity contribution in [2.45, 2.75) is 13.5 Å². The van der Waals surface area contributed by atoms with Crippen LogP contribution in [-0.2, 0) is 11.3 Å². The summed E-state index contributed by atoms with van der Waals surface area (Å²) < 4.78 is 5.09. The Morgan fingerprint density at radius 1 is 1.14 bits per heavy atom. The van der Waals surface area contributed by atoms with Crippen molar-refractivity contribution in [3.8, 4) is 17.3 Å². The molecule has 0 unspecified atom stereocenters. The first kappa shape index (κ1) is 18.1. The topological polar surface area (TPSA) is 68.2 Å². The van der Waals surface area contributed by atoms with Crippen LogP contribution in [0.1, 0.15) is 23.7 Å². The highest BCUT2D eigenvalue weighted by molar-refractivity contribution is 6.30. The molecule has 0 radical (unpaired) electrons. The number of carbonyl (C=O) groups is 1. The first-order chi connectivity index (χ1) is 13.5. The lowest BCUT2D eigenvalue weighted by Gasteiger charge is -2.25. The molecule has 0 saturated heterocycles. The highest BCUT2D eigenvalue weighted by Crippen LogP contribution is 2.31. The second-order valence-corrected chi connectivity index (χ2v) is 6.77. The summed E-state index contributed by atoms with van der Waals surface area (Å²) in [6.45, 7) is 1.92. The van der Waals surface area contributed by atoms with E-state index in [0.29, 0.717) is 23.3 Å². The van der Waals surface area contributed by atoms with Gasteiger partial charge in [0.25, 0.3) is 0 Å². The Balaban J connectivity index is 1.79. The van der Waals surface area contributed by atoms with Gasteiger partial charge in [0.2, 0.25) is 11.8 Å². The second kappa shape index (κ2) is 7.40. The van der Waals surface area contributed by atoms with Crippen molar-refractivity contribution >= 4 is 35.3 Å². The van der Waals surface area contributed by atoms with E-state index in [-0.39, 0.29) is 5.91 Å².